The number of carbonyl (C=O) groups is 2. The normalized spacial score (nSPS) is 10.2. The number of nitro groups is 1. The lowest BCUT2D eigenvalue weighted by Gasteiger charge is -2.06. The van der Waals surface area contributed by atoms with Crippen LogP contribution in [-0.2, 0) is 4.79 Å². The Morgan fingerprint density at radius 3 is 2.68 bits per heavy atom. The average molecular weight is 325 g/mol. The molecule has 0 fully saturated rings. The van der Waals surface area contributed by atoms with Crippen molar-refractivity contribution in [3.05, 3.63) is 33.9 Å². The van der Waals surface area contributed by atoms with Crippen LogP contribution in [0, 0.1) is 10.1 Å². The number of carbonyl (C=O) groups excluding carboxylic acids is 2. The molecule has 120 valence electrons. The Kier molecular flexibility index (Phi) is 7.38. The molecule has 7 nitrogen and oxygen atoms in total. The second kappa shape index (κ2) is 9.04. The number of primary amides is 1. The molecule has 22 heavy (non-hydrogen) atoms. The number of hydrogen-bond acceptors (Lipinski definition) is 5. The zero-order chi connectivity index (χ0) is 16.5. The standard InChI is InChI=1S/C14H19N3O4S/c1-2-3-4-7-16-13(18)9-22-12-6-5-10(14(15)19)8-11(12)17(20)21/h5-6,8H,2-4,7,9H2,1H3,(H2,15,19)(H,16,18). The molecule has 1 aromatic rings. The summed E-state index contributed by atoms with van der Waals surface area (Å²) >= 11 is 1.06. The van der Waals surface area contributed by atoms with Crippen molar-refractivity contribution in [2.45, 2.75) is 31.1 Å². The van der Waals surface area contributed by atoms with Crippen molar-refractivity contribution in [3.63, 3.8) is 0 Å². The van der Waals surface area contributed by atoms with Crippen molar-refractivity contribution in [2.75, 3.05) is 12.3 Å². The maximum Gasteiger partial charge on any atom is 0.283 e. The van der Waals surface area contributed by atoms with Crippen LogP contribution in [0.5, 0.6) is 0 Å². The van der Waals surface area contributed by atoms with Gasteiger partial charge < -0.3 is 11.1 Å². The SMILES string of the molecule is CCCCCNC(=O)CSc1ccc(C(N)=O)cc1[N+](=O)[O-]. The van der Waals surface area contributed by atoms with Crippen LogP contribution >= 0.6 is 11.8 Å². The van der Waals surface area contributed by atoms with E-state index in [-0.39, 0.29) is 22.9 Å². The highest BCUT2D eigenvalue weighted by Gasteiger charge is 2.17. The van der Waals surface area contributed by atoms with Gasteiger partial charge in [-0.05, 0) is 18.6 Å². The van der Waals surface area contributed by atoms with E-state index < -0.39 is 10.8 Å². The van der Waals surface area contributed by atoms with Gasteiger partial charge >= 0.3 is 0 Å². The summed E-state index contributed by atoms with van der Waals surface area (Å²) in [6.45, 7) is 2.68. The Morgan fingerprint density at radius 1 is 1.36 bits per heavy atom. The summed E-state index contributed by atoms with van der Waals surface area (Å²) in [5, 5.41) is 13.8. The van der Waals surface area contributed by atoms with Gasteiger partial charge in [-0.2, -0.15) is 0 Å². The van der Waals surface area contributed by atoms with Gasteiger partial charge in [0.05, 0.1) is 15.6 Å². The summed E-state index contributed by atoms with van der Waals surface area (Å²) in [4.78, 5) is 33.5. The lowest BCUT2D eigenvalue weighted by Crippen LogP contribution is -2.26. The number of unbranched alkanes of at least 4 members (excludes halogenated alkanes) is 2. The molecule has 8 heteroatoms. The van der Waals surface area contributed by atoms with Crippen molar-refractivity contribution in [1.29, 1.82) is 0 Å². The van der Waals surface area contributed by atoms with Crippen LogP contribution in [0.3, 0.4) is 0 Å². The molecule has 0 unspecified atom stereocenters. The lowest BCUT2D eigenvalue weighted by atomic mass is 10.2. The fourth-order valence-corrected chi connectivity index (χ4v) is 2.57. The second-order valence-electron chi connectivity index (χ2n) is 4.65. The predicted octanol–water partition coefficient (Wildman–Crippen LogP) is 2.09. The zero-order valence-electron chi connectivity index (χ0n) is 12.3. The zero-order valence-corrected chi connectivity index (χ0v) is 13.1. The van der Waals surface area contributed by atoms with Crippen molar-refractivity contribution >= 4 is 29.3 Å². The van der Waals surface area contributed by atoms with Gasteiger partial charge in [0.1, 0.15) is 0 Å². The molecule has 0 aliphatic rings. The van der Waals surface area contributed by atoms with E-state index >= 15 is 0 Å². The van der Waals surface area contributed by atoms with Crippen LogP contribution in [0.15, 0.2) is 23.1 Å². The maximum absolute atomic E-state index is 11.7. The Hall–Kier alpha value is -2.09. The second-order valence-corrected chi connectivity index (χ2v) is 5.67. The number of nitro benzene ring substituents is 1. The van der Waals surface area contributed by atoms with Gasteiger partial charge in [-0.25, -0.2) is 0 Å². The van der Waals surface area contributed by atoms with E-state index in [1.807, 2.05) is 0 Å². The molecule has 0 radical (unpaired) electrons. The lowest BCUT2D eigenvalue weighted by molar-refractivity contribution is -0.387. The van der Waals surface area contributed by atoms with E-state index in [9.17, 15) is 19.7 Å². The first-order valence-corrected chi connectivity index (χ1v) is 7.92. The molecule has 1 rings (SSSR count). The summed E-state index contributed by atoms with van der Waals surface area (Å²) in [5.74, 6) is -0.814. The van der Waals surface area contributed by atoms with Gasteiger partial charge in [-0.15, -0.1) is 11.8 Å². The van der Waals surface area contributed by atoms with Gasteiger partial charge in [0.2, 0.25) is 11.8 Å². The molecule has 0 saturated carbocycles. The van der Waals surface area contributed by atoms with Crippen LogP contribution in [-0.4, -0.2) is 29.0 Å². The largest absolute Gasteiger partial charge is 0.366 e. The van der Waals surface area contributed by atoms with Crippen molar-refractivity contribution < 1.29 is 14.5 Å². The third-order valence-electron chi connectivity index (χ3n) is 2.90. The number of nitrogens with one attached hydrogen (secondary N) is 1. The first kappa shape index (κ1) is 18.0. The Morgan fingerprint density at radius 2 is 2.09 bits per heavy atom. The highest BCUT2D eigenvalue weighted by Crippen LogP contribution is 2.29. The van der Waals surface area contributed by atoms with Crippen LogP contribution in [0.1, 0.15) is 36.5 Å². The highest BCUT2D eigenvalue weighted by atomic mass is 32.2. The van der Waals surface area contributed by atoms with Gasteiger partial charge in [-0.1, -0.05) is 19.8 Å². The summed E-state index contributed by atoms with van der Waals surface area (Å²) in [6.07, 6.45) is 3.04. The van der Waals surface area contributed by atoms with E-state index in [2.05, 4.69) is 12.2 Å². The van der Waals surface area contributed by atoms with Gasteiger partial charge in [-0.3, -0.25) is 19.7 Å². The number of benzene rings is 1. The third-order valence-corrected chi connectivity index (χ3v) is 3.96. The van der Waals surface area contributed by atoms with E-state index in [0.29, 0.717) is 11.4 Å². The number of nitrogens with zero attached hydrogens (tertiary/aromatic N) is 1. The molecule has 0 aliphatic carbocycles. The molecule has 0 spiro atoms. The molecular formula is C14H19N3O4S. The van der Waals surface area contributed by atoms with E-state index in [4.69, 9.17) is 5.73 Å². The minimum Gasteiger partial charge on any atom is -0.366 e. The quantitative estimate of drug-likeness (QED) is 0.312. The number of nitrogens with two attached hydrogens (primary N) is 1. The molecule has 0 bridgehead atoms. The first-order valence-electron chi connectivity index (χ1n) is 6.93. The fourth-order valence-electron chi connectivity index (χ4n) is 1.73. The molecule has 0 atom stereocenters. The van der Waals surface area contributed by atoms with Gasteiger partial charge in [0, 0.05) is 18.2 Å². The van der Waals surface area contributed by atoms with Gasteiger partial charge in [0.25, 0.3) is 5.69 Å². The van der Waals surface area contributed by atoms with Crippen LogP contribution in [0.25, 0.3) is 0 Å². The van der Waals surface area contributed by atoms with Crippen molar-refractivity contribution in [2.24, 2.45) is 5.73 Å². The van der Waals surface area contributed by atoms with Gasteiger partial charge in [0.15, 0.2) is 0 Å². The van der Waals surface area contributed by atoms with E-state index in [1.54, 1.807) is 0 Å². The molecule has 0 aliphatic heterocycles. The minimum atomic E-state index is -0.728. The molecular weight excluding hydrogens is 306 g/mol. The molecule has 0 heterocycles. The molecule has 3 N–H and O–H groups in total. The molecule has 1 aromatic carbocycles. The predicted molar refractivity (Wildman–Crippen MR) is 84.9 cm³/mol. The smallest absolute Gasteiger partial charge is 0.283 e. The van der Waals surface area contributed by atoms with E-state index in [1.165, 1.54) is 12.1 Å². The van der Waals surface area contributed by atoms with Crippen LogP contribution < -0.4 is 11.1 Å². The Bertz CT molecular complexity index is 563. The Labute approximate surface area is 132 Å². The molecule has 0 saturated heterocycles. The topological polar surface area (TPSA) is 115 Å². The van der Waals surface area contributed by atoms with Crippen LogP contribution in [0.4, 0.5) is 5.69 Å². The first-order chi connectivity index (χ1) is 10.5. The van der Waals surface area contributed by atoms with Crippen molar-refractivity contribution in [1.82, 2.24) is 5.32 Å². The minimum absolute atomic E-state index is 0.0695. The van der Waals surface area contributed by atoms with Crippen molar-refractivity contribution in [3.8, 4) is 0 Å². The number of rotatable bonds is 9. The summed E-state index contributed by atoms with van der Waals surface area (Å²) in [5.41, 5.74) is 4.95. The third kappa shape index (κ3) is 5.72. The fraction of sp³-hybridized carbons (Fsp3) is 0.429. The average Bonchev–Trinajstić information content (AvgIpc) is 2.49. The number of amides is 2. The summed E-state index contributed by atoms with van der Waals surface area (Å²) in [7, 11) is 0. The Balaban J connectivity index is 2.63. The summed E-state index contributed by atoms with van der Waals surface area (Å²) in [6, 6.07) is 3.98. The van der Waals surface area contributed by atoms with E-state index in [0.717, 1.165) is 37.1 Å². The highest BCUT2D eigenvalue weighted by molar-refractivity contribution is 8.00. The maximum atomic E-state index is 11.7. The number of hydrogen-bond donors (Lipinski definition) is 2. The molecule has 2 amide bonds. The van der Waals surface area contributed by atoms with Crippen LogP contribution in [0.2, 0.25) is 0 Å². The molecule has 0 aromatic heterocycles. The summed E-state index contributed by atoms with van der Waals surface area (Å²) < 4.78 is 0. The number of thioether (sulfide) groups is 1. The monoisotopic (exact) mass is 325 g/mol.